The second-order valence-corrected chi connectivity index (χ2v) is 6.04. The lowest BCUT2D eigenvalue weighted by Crippen LogP contribution is -2.46. The number of hydrogen-bond donors (Lipinski definition) is 0. The van der Waals surface area contributed by atoms with Gasteiger partial charge in [-0.25, -0.2) is 0 Å². The van der Waals surface area contributed by atoms with Crippen molar-refractivity contribution < 1.29 is 18.0 Å². The highest BCUT2D eigenvalue weighted by Crippen LogP contribution is 2.33. The zero-order valence-electron chi connectivity index (χ0n) is 12.3. The number of anilines is 1. The summed E-state index contributed by atoms with van der Waals surface area (Å²) >= 11 is 0. The topological polar surface area (TPSA) is 23.6 Å². The summed E-state index contributed by atoms with van der Waals surface area (Å²) in [5.41, 5.74) is 2.03. The molecule has 1 aromatic carbocycles. The van der Waals surface area contributed by atoms with Gasteiger partial charge < -0.3 is 4.90 Å². The molecule has 2 heterocycles. The summed E-state index contributed by atoms with van der Waals surface area (Å²) in [6.07, 6.45) is -2.69. The molecule has 1 fully saturated rings. The van der Waals surface area contributed by atoms with Crippen LogP contribution in [-0.2, 0) is 11.2 Å². The normalized spacial score (nSPS) is 22.7. The van der Waals surface area contributed by atoms with Crippen LogP contribution in [0.1, 0.15) is 18.4 Å². The highest BCUT2D eigenvalue weighted by Gasteiger charge is 2.42. The van der Waals surface area contributed by atoms with Gasteiger partial charge in [-0.05, 0) is 37.4 Å². The number of likely N-dealkylation sites (tertiary alicyclic amines) is 1. The third-order valence-corrected chi connectivity index (χ3v) is 4.52. The van der Waals surface area contributed by atoms with Gasteiger partial charge in [-0.2, -0.15) is 13.2 Å². The molecule has 120 valence electrons. The first-order valence-electron chi connectivity index (χ1n) is 7.62. The number of hydrogen-bond acceptors (Lipinski definition) is 2. The van der Waals surface area contributed by atoms with Gasteiger partial charge >= 0.3 is 6.18 Å². The van der Waals surface area contributed by atoms with Gasteiger partial charge in [0.1, 0.15) is 0 Å². The Kier molecular flexibility index (Phi) is 4.12. The maximum atomic E-state index is 12.8. The molecule has 3 nitrogen and oxygen atoms in total. The molecule has 0 bridgehead atoms. The Hall–Kier alpha value is -1.56. The van der Waals surface area contributed by atoms with E-state index >= 15 is 0 Å². The van der Waals surface area contributed by atoms with Gasteiger partial charge in [0.25, 0.3) is 0 Å². The third-order valence-electron chi connectivity index (χ3n) is 4.52. The highest BCUT2D eigenvalue weighted by atomic mass is 19.4. The van der Waals surface area contributed by atoms with Crippen molar-refractivity contribution in [2.75, 3.05) is 31.1 Å². The summed E-state index contributed by atoms with van der Waals surface area (Å²) in [5, 5.41) is 0. The van der Waals surface area contributed by atoms with E-state index in [1.165, 1.54) is 0 Å². The van der Waals surface area contributed by atoms with Gasteiger partial charge in [0, 0.05) is 18.8 Å². The van der Waals surface area contributed by atoms with Crippen molar-refractivity contribution in [1.29, 1.82) is 0 Å². The minimum Gasteiger partial charge on any atom is -0.311 e. The van der Waals surface area contributed by atoms with Crippen molar-refractivity contribution in [3.05, 3.63) is 29.8 Å². The standard InChI is InChI=1S/C16H19F3N2O/c17-16(18,19)13-5-3-8-20(10-13)11-15(22)21-9-7-12-4-1-2-6-14(12)21/h1-2,4,6,13H,3,5,7-11H2. The molecule has 0 saturated carbocycles. The van der Waals surface area contributed by atoms with E-state index in [0.29, 0.717) is 19.5 Å². The van der Waals surface area contributed by atoms with Crippen molar-refractivity contribution in [2.24, 2.45) is 5.92 Å². The number of carbonyl (C=O) groups excluding carboxylic acids is 1. The van der Waals surface area contributed by atoms with Gasteiger partial charge in [-0.3, -0.25) is 9.69 Å². The van der Waals surface area contributed by atoms with Gasteiger partial charge in [-0.1, -0.05) is 18.2 Å². The maximum Gasteiger partial charge on any atom is 0.393 e. The van der Waals surface area contributed by atoms with Crippen LogP contribution < -0.4 is 4.90 Å². The first-order chi connectivity index (χ1) is 10.4. The number of halogens is 3. The van der Waals surface area contributed by atoms with Crippen LogP contribution in [0.3, 0.4) is 0 Å². The predicted octanol–water partition coefficient (Wildman–Crippen LogP) is 2.85. The highest BCUT2D eigenvalue weighted by molar-refractivity contribution is 5.96. The van der Waals surface area contributed by atoms with E-state index < -0.39 is 12.1 Å². The number of piperidine rings is 1. The molecule has 0 aromatic heterocycles. The average molecular weight is 312 g/mol. The van der Waals surface area contributed by atoms with Gasteiger partial charge in [0.2, 0.25) is 5.91 Å². The first kappa shape index (κ1) is 15.3. The van der Waals surface area contributed by atoms with Crippen molar-refractivity contribution in [1.82, 2.24) is 4.90 Å². The Morgan fingerprint density at radius 3 is 2.77 bits per heavy atom. The third kappa shape index (κ3) is 3.11. The quantitative estimate of drug-likeness (QED) is 0.838. The second kappa shape index (κ2) is 5.91. The summed E-state index contributed by atoms with van der Waals surface area (Å²) in [7, 11) is 0. The largest absolute Gasteiger partial charge is 0.393 e. The Bertz CT molecular complexity index is 559. The Labute approximate surface area is 127 Å². The Balaban J connectivity index is 1.63. The van der Waals surface area contributed by atoms with E-state index in [-0.39, 0.29) is 25.4 Å². The van der Waals surface area contributed by atoms with Crippen LogP contribution in [0.5, 0.6) is 0 Å². The lowest BCUT2D eigenvalue weighted by atomic mass is 9.97. The van der Waals surface area contributed by atoms with Crippen LogP contribution in [0.4, 0.5) is 18.9 Å². The lowest BCUT2D eigenvalue weighted by molar-refractivity contribution is -0.186. The smallest absolute Gasteiger partial charge is 0.311 e. The molecule has 1 aromatic rings. The number of nitrogens with zero attached hydrogens (tertiary/aromatic N) is 2. The summed E-state index contributed by atoms with van der Waals surface area (Å²) in [6, 6.07) is 7.70. The number of amides is 1. The fraction of sp³-hybridized carbons (Fsp3) is 0.562. The lowest BCUT2D eigenvalue weighted by Gasteiger charge is -2.34. The van der Waals surface area contributed by atoms with E-state index in [0.717, 1.165) is 17.7 Å². The molecule has 0 radical (unpaired) electrons. The van der Waals surface area contributed by atoms with Gasteiger partial charge in [-0.15, -0.1) is 0 Å². The van der Waals surface area contributed by atoms with Crippen LogP contribution in [0, 0.1) is 5.92 Å². The molecule has 1 unspecified atom stereocenters. The summed E-state index contributed by atoms with van der Waals surface area (Å²) in [5.74, 6) is -1.41. The zero-order valence-corrected chi connectivity index (χ0v) is 12.3. The van der Waals surface area contributed by atoms with Crippen molar-refractivity contribution in [2.45, 2.75) is 25.4 Å². The van der Waals surface area contributed by atoms with E-state index in [9.17, 15) is 18.0 Å². The number of carbonyl (C=O) groups is 1. The summed E-state index contributed by atoms with van der Waals surface area (Å²) in [6.45, 7) is 1.19. The van der Waals surface area contributed by atoms with Crippen LogP contribution in [0.2, 0.25) is 0 Å². The van der Waals surface area contributed by atoms with Crippen molar-refractivity contribution in [3.8, 4) is 0 Å². The summed E-state index contributed by atoms with van der Waals surface area (Å²) in [4.78, 5) is 15.8. The monoisotopic (exact) mass is 312 g/mol. The number of rotatable bonds is 2. The van der Waals surface area contributed by atoms with Crippen molar-refractivity contribution >= 4 is 11.6 Å². The number of para-hydroxylation sites is 1. The molecule has 0 N–H and O–H groups in total. The number of fused-ring (bicyclic) bond motifs is 1. The van der Waals surface area contributed by atoms with Gasteiger partial charge in [0.05, 0.1) is 12.5 Å². The van der Waals surface area contributed by atoms with Crippen LogP contribution >= 0.6 is 0 Å². The molecular formula is C16H19F3N2O. The van der Waals surface area contributed by atoms with E-state index in [1.807, 2.05) is 24.3 Å². The SMILES string of the molecule is O=C(CN1CCCC(C(F)(F)F)C1)N1CCc2ccccc21. The second-order valence-electron chi connectivity index (χ2n) is 6.04. The predicted molar refractivity (Wildman–Crippen MR) is 77.7 cm³/mol. The molecule has 1 amide bonds. The van der Waals surface area contributed by atoms with E-state index in [2.05, 4.69) is 0 Å². The molecular weight excluding hydrogens is 293 g/mol. The molecule has 6 heteroatoms. The molecule has 2 aliphatic rings. The zero-order chi connectivity index (χ0) is 15.7. The van der Waals surface area contributed by atoms with Crippen LogP contribution in [0.15, 0.2) is 24.3 Å². The Morgan fingerprint density at radius 2 is 2.00 bits per heavy atom. The molecule has 0 spiro atoms. The Morgan fingerprint density at radius 1 is 1.23 bits per heavy atom. The van der Waals surface area contributed by atoms with Crippen molar-refractivity contribution in [3.63, 3.8) is 0 Å². The fourth-order valence-corrected chi connectivity index (χ4v) is 3.34. The minimum atomic E-state index is -4.16. The minimum absolute atomic E-state index is 0.0648. The molecule has 1 atom stereocenters. The van der Waals surface area contributed by atoms with Crippen LogP contribution in [-0.4, -0.2) is 43.2 Å². The van der Waals surface area contributed by atoms with Gasteiger partial charge in [0.15, 0.2) is 0 Å². The van der Waals surface area contributed by atoms with Crippen LogP contribution in [0.25, 0.3) is 0 Å². The molecule has 0 aliphatic carbocycles. The molecule has 22 heavy (non-hydrogen) atoms. The van der Waals surface area contributed by atoms with E-state index in [4.69, 9.17) is 0 Å². The van der Waals surface area contributed by atoms with E-state index in [1.54, 1.807) is 9.80 Å². The molecule has 2 aliphatic heterocycles. The number of alkyl halides is 3. The fourth-order valence-electron chi connectivity index (χ4n) is 3.34. The average Bonchev–Trinajstić information content (AvgIpc) is 2.90. The molecule has 3 rings (SSSR count). The maximum absolute atomic E-state index is 12.8. The number of benzene rings is 1. The molecule has 1 saturated heterocycles. The first-order valence-corrected chi connectivity index (χ1v) is 7.62. The summed E-state index contributed by atoms with van der Waals surface area (Å²) < 4.78 is 38.5.